The first-order valence-corrected chi connectivity index (χ1v) is 10.5. The minimum Gasteiger partial charge on any atom is -0.494 e. The molecule has 0 radical (unpaired) electrons. The molecule has 1 atom stereocenters. The molecule has 4 rings (SSSR count). The zero-order valence-corrected chi connectivity index (χ0v) is 17.3. The number of nitrogens with zero attached hydrogens (tertiary/aromatic N) is 2. The SMILES string of the molecule is CCOc1ccc(OCC(O)Cn2cnc3sc(-c4ccccc4)cc3c2=O)cc1. The molecule has 2 aromatic heterocycles. The maximum Gasteiger partial charge on any atom is 0.262 e. The van der Waals surface area contributed by atoms with E-state index >= 15 is 0 Å². The van der Waals surface area contributed by atoms with E-state index in [0.29, 0.717) is 22.6 Å². The van der Waals surface area contributed by atoms with Crippen molar-refractivity contribution in [2.24, 2.45) is 0 Å². The number of aliphatic hydroxyl groups is 1. The van der Waals surface area contributed by atoms with Crippen molar-refractivity contribution in [3.63, 3.8) is 0 Å². The quantitative estimate of drug-likeness (QED) is 0.465. The smallest absolute Gasteiger partial charge is 0.262 e. The lowest BCUT2D eigenvalue weighted by atomic mass is 10.2. The van der Waals surface area contributed by atoms with Gasteiger partial charge in [-0.25, -0.2) is 4.98 Å². The van der Waals surface area contributed by atoms with Crippen molar-refractivity contribution >= 4 is 21.6 Å². The summed E-state index contributed by atoms with van der Waals surface area (Å²) in [4.78, 5) is 18.9. The van der Waals surface area contributed by atoms with Gasteiger partial charge >= 0.3 is 0 Å². The Labute approximate surface area is 178 Å². The molecule has 2 aromatic carbocycles. The van der Waals surface area contributed by atoms with E-state index < -0.39 is 6.10 Å². The second-order valence-corrected chi connectivity index (χ2v) is 7.80. The van der Waals surface area contributed by atoms with E-state index in [-0.39, 0.29) is 18.7 Å². The standard InChI is InChI=1S/C23H22N2O4S/c1-2-28-18-8-10-19(11-9-18)29-14-17(26)13-25-15-24-22-20(23(25)27)12-21(30-22)16-6-4-3-5-7-16/h3-12,15,17,26H,2,13-14H2,1H3. The summed E-state index contributed by atoms with van der Waals surface area (Å²) in [6, 6.07) is 19.0. The fourth-order valence-corrected chi connectivity index (χ4v) is 4.10. The summed E-state index contributed by atoms with van der Waals surface area (Å²) < 4.78 is 12.4. The molecular formula is C23H22N2O4S. The van der Waals surface area contributed by atoms with Crippen LogP contribution in [0, 0.1) is 0 Å². The lowest BCUT2D eigenvalue weighted by Crippen LogP contribution is -2.30. The number of rotatable bonds is 8. The monoisotopic (exact) mass is 422 g/mol. The number of thiophene rings is 1. The molecule has 6 nitrogen and oxygen atoms in total. The molecule has 154 valence electrons. The molecule has 1 unspecified atom stereocenters. The molecule has 4 aromatic rings. The highest BCUT2D eigenvalue weighted by molar-refractivity contribution is 7.21. The number of fused-ring (bicyclic) bond motifs is 1. The molecule has 30 heavy (non-hydrogen) atoms. The van der Waals surface area contributed by atoms with E-state index in [2.05, 4.69) is 4.98 Å². The van der Waals surface area contributed by atoms with Crippen LogP contribution in [0.5, 0.6) is 11.5 Å². The highest BCUT2D eigenvalue weighted by atomic mass is 32.1. The molecule has 1 N–H and O–H groups in total. The Hall–Kier alpha value is -3.16. The third kappa shape index (κ3) is 4.53. The van der Waals surface area contributed by atoms with Gasteiger partial charge in [0.05, 0.1) is 24.9 Å². The normalized spacial score (nSPS) is 12.1. The predicted octanol–water partition coefficient (Wildman–Crippen LogP) is 3.96. The van der Waals surface area contributed by atoms with E-state index in [1.165, 1.54) is 22.2 Å². The van der Waals surface area contributed by atoms with Crippen LogP contribution >= 0.6 is 11.3 Å². The van der Waals surface area contributed by atoms with E-state index in [1.54, 1.807) is 12.1 Å². The average Bonchev–Trinajstić information content (AvgIpc) is 3.21. The Morgan fingerprint density at radius 3 is 2.47 bits per heavy atom. The summed E-state index contributed by atoms with van der Waals surface area (Å²) in [7, 11) is 0. The Balaban J connectivity index is 1.44. The van der Waals surface area contributed by atoms with Crippen molar-refractivity contribution in [2.75, 3.05) is 13.2 Å². The van der Waals surface area contributed by atoms with Gasteiger partial charge in [0.15, 0.2) is 0 Å². The molecule has 0 fully saturated rings. The first-order chi connectivity index (χ1) is 14.6. The second-order valence-electron chi connectivity index (χ2n) is 6.77. The van der Waals surface area contributed by atoms with Crippen molar-refractivity contribution < 1.29 is 14.6 Å². The van der Waals surface area contributed by atoms with Crippen molar-refractivity contribution in [2.45, 2.75) is 19.6 Å². The zero-order chi connectivity index (χ0) is 20.9. The molecule has 0 aliphatic rings. The lowest BCUT2D eigenvalue weighted by molar-refractivity contribution is 0.0914. The summed E-state index contributed by atoms with van der Waals surface area (Å²) in [6.07, 6.45) is 0.636. The highest BCUT2D eigenvalue weighted by Crippen LogP contribution is 2.30. The van der Waals surface area contributed by atoms with Crippen LogP contribution in [-0.4, -0.2) is 34.0 Å². The van der Waals surface area contributed by atoms with Crippen LogP contribution in [0.15, 0.2) is 71.8 Å². The van der Waals surface area contributed by atoms with Crippen molar-refractivity contribution in [3.05, 3.63) is 77.3 Å². The van der Waals surface area contributed by atoms with E-state index in [0.717, 1.165) is 16.2 Å². The molecule has 7 heteroatoms. The zero-order valence-electron chi connectivity index (χ0n) is 16.5. The van der Waals surface area contributed by atoms with Crippen LogP contribution in [0.25, 0.3) is 20.7 Å². The summed E-state index contributed by atoms with van der Waals surface area (Å²) >= 11 is 1.48. The average molecular weight is 423 g/mol. The minimum atomic E-state index is -0.847. The number of aromatic nitrogens is 2. The van der Waals surface area contributed by atoms with Gasteiger partial charge in [-0.05, 0) is 42.8 Å². The Morgan fingerprint density at radius 2 is 1.77 bits per heavy atom. The van der Waals surface area contributed by atoms with Crippen LogP contribution in [0.1, 0.15) is 6.92 Å². The number of benzene rings is 2. The van der Waals surface area contributed by atoms with Gasteiger partial charge in [0.2, 0.25) is 0 Å². The molecule has 0 bridgehead atoms. The number of aliphatic hydroxyl groups excluding tert-OH is 1. The second kappa shape index (κ2) is 9.11. The predicted molar refractivity (Wildman–Crippen MR) is 118 cm³/mol. The van der Waals surface area contributed by atoms with Gasteiger partial charge < -0.3 is 14.6 Å². The largest absolute Gasteiger partial charge is 0.494 e. The summed E-state index contributed by atoms with van der Waals surface area (Å²) in [5.74, 6) is 1.39. The van der Waals surface area contributed by atoms with Gasteiger partial charge in [0.25, 0.3) is 5.56 Å². The number of hydrogen-bond acceptors (Lipinski definition) is 6. The van der Waals surface area contributed by atoms with Gasteiger partial charge in [0.1, 0.15) is 29.0 Å². The molecule has 2 heterocycles. The third-order valence-corrected chi connectivity index (χ3v) is 5.65. The summed E-state index contributed by atoms with van der Waals surface area (Å²) in [5.41, 5.74) is 0.883. The van der Waals surface area contributed by atoms with Crippen LogP contribution in [0.2, 0.25) is 0 Å². The molecular weight excluding hydrogens is 400 g/mol. The Morgan fingerprint density at radius 1 is 1.07 bits per heavy atom. The molecule has 0 spiro atoms. The Kier molecular flexibility index (Phi) is 6.11. The van der Waals surface area contributed by atoms with Crippen LogP contribution < -0.4 is 15.0 Å². The van der Waals surface area contributed by atoms with E-state index in [4.69, 9.17) is 9.47 Å². The first kappa shape index (κ1) is 20.1. The van der Waals surface area contributed by atoms with Crippen molar-refractivity contribution in [1.29, 1.82) is 0 Å². The minimum absolute atomic E-state index is 0.0668. The maximum absolute atomic E-state index is 12.8. The lowest BCUT2D eigenvalue weighted by Gasteiger charge is -2.14. The molecule has 0 saturated carbocycles. The fraction of sp³-hybridized carbons (Fsp3) is 0.217. The van der Waals surface area contributed by atoms with E-state index in [1.807, 2.05) is 55.5 Å². The topological polar surface area (TPSA) is 73.6 Å². The van der Waals surface area contributed by atoms with Gasteiger partial charge in [-0.15, -0.1) is 11.3 Å². The van der Waals surface area contributed by atoms with Gasteiger partial charge in [-0.3, -0.25) is 9.36 Å². The van der Waals surface area contributed by atoms with Crippen molar-refractivity contribution in [1.82, 2.24) is 9.55 Å². The van der Waals surface area contributed by atoms with Gasteiger partial charge in [0, 0.05) is 4.88 Å². The third-order valence-electron chi connectivity index (χ3n) is 4.56. The molecule has 0 saturated heterocycles. The van der Waals surface area contributed by atoms with Crippen LogP contribution in [0.3, 0.4) is 0 Å². The van der Waals surface area contributed by atoms with Gasteiger partial charge in [-0.2, -0.15) is 0 Å². The van der Waals surface area contributed by atoms with Crippen LogP contribution in [-0.2, 0) is 6.54 Å². The highest BCUT2D eigenvalue weighted by Gasteiger charge is 2.13. The van der Waals surface area contributed by atoms with Crippen molar-refractivity contribution in [3.8, 4) is 21.9 Å². The number of ether oxygens (including phenoxy) is 2. The molecule has 0 aliphatic heterocycles. The van der Waals surface area contributed by atoms with Crippen LogP contribution in [0.4, 0.5) is 0 Å². The molecule has 0 aliphatic carbocycles. The van der Waals surface area contributed by atoms with Gasteiger partial charge in [-0.1, -0.05) is 30.3 Å². The number of hydrogen-bond donors (Lipinski definition) is 1. The Bertz CT molecular complexity index is 1170. The summed E-state index contributed by atoms with van der Waals surface area (Å²) in [5, 5.41) is 10.9. The fourth-order valence-electron chi connectivity index (χ4n) is 3.11. The van der Waals surface area contributed by atoms with E-state index in [9.17, 15) is 9.90 Å². The summed E-state index contributed by atoms with van der Waals surface area (Å²) in [6.45, 7) is 2.70. The molecule has 0 amide bonds. The first-order valence-electron chi connectivity index (χ1n) is 9.72. The maximum atomic E-state index is 12.8.